The molecule has 0 saturated carbocycles. The predicted molar refractivity (Wildman–Crippen MR) is 49.6 cm³/mol. The van der Waals surface area contributed by atoms with E-state index in [1.807, 2.05) is 0 Å². The van der Waals surface area contributed by atoms with Crippen LogP contribution in [0.1, 0.15) is 19.8 Å². The summed E-state index contributed by atoms with van der Waals surface area (Å²) < 4.78 is 0. The minimum atomic E-state index is -2.91. The van der Waals surface area contributed by atoms with Gasteiger partial charge in [-0.2, -0.15) is 0 Å². The molecule has 0 aliphatic heterocycles. The Morgan fingerprint density at radius 1 is 1.17 bits per heavy atom. The first kappa shape index (κ1) is 25.8. The predicted octanol–water partition coefficient (Wildman–Crippen LogP) is -3.76. The molecule has 0 aliphatic carbocycles. The van der Waals surface area contributed by atoms with Crippen LogP contribution in [0.2, 0.25) is 0 Å². The summed E-state index contributed by atoms with van der Waals surface area (Å²) in [6.07, 6.45) is -2.56. The molecule has 1 unspecified atom stereocenters. The van der Waals surface area contributed by atoms with Crippen LogP contribution >= 0.6 is 0 Å². The van der Waals surface area contributed by atoms with Crippen LogP contribution in [0.25, 0.3) is 0 Å². The van der Waals surface area contributed by atoms with Gasteiger partial charge in [0.2, 0.25) is 0 Å². The Hall–Kier alpha value is -0.970. The number of hydrogen-bond donors (Lipinski definition) is 4. The van der Waals surface area contributed by atoms with Gasteiger partial charge in [-0.3, -0.25) is 4.79 Å². The number of aliphatic carboxylic acids is 3. The van der Waals surface area contributed by atoms with Crippen LogP contribution in [0.15, 0.2) is 0 Å². The van der Waals surface area contributed by atoms with E-state index >= 15 is 0 Å². The molecule has 0 aromatic rings. The Balaban J connectivity index is -0.000000177. The maximum absolute atomic E-state index is 10.2. The van der Waals surface area contributed by atoms with Crippen LogP contribution in [-0.4, -0.2) is 45.4 Å². The molecule has 1 radical (unpaired) electrons. The molecule has 0 rings (SSSR count). The van der Waals surface area contributed by atoms with E-state index in [0.717, 1.165) is 0 Å². The first-order valence-corrected chi connectivity index (χ1v) is 4.16. The molecule has 10 heteroatoms. The molecule has 6 N–H and O–H groups in total. The van der Waals surface area contributed by atoms with E-state index in [4.69, 9.17) is 15.3 Å². The van der Waals surface area contributed by atoms with Crippen molar-refractivity contribution in [3.05, 3.63) is 0 Å². The van der Waals surface area contributed by atoms with Gasteiger partial charge in [-0.05, 0) is 6.92 Å². The van der Waals surface area contributed by atoms with E-state index in [1.165, 1.54) is 0 Å². The second kappa shape index (κ2) is 12.5. The Kier molecular flexibility index (Phi) is 17.9. The quantitative estimate of drug-likeness (QED) is 0.356. The van der Waals surface area contributed by atoms with Gasteiger partial charge in [0, 0.05) is 41.4 Å². The molecular weight excluding hydrogens is 346 g/mol. The maximum Gasteiger partial charge on any atom is 0.306 e. The number of rotatable bonds is 5. The molecule has 0 saturated heterocycles. The van der Waals surface area contributed by atoms with Gasteiger partial charge in [0.1, 0.15) is 5.60 Å². The molecule has 0 aliphatic rings. The summed E-state index contributed by atoms with van der Waals surface area (Å²) in [5.74, 6) is -5.67. The summed E-state index contributed by atoms with van der Waals surface area (Å²) >= 11 is 0. The van der Waals surface area contributed by atoms with Gasteiger partial charge in [-0.15, -0.1) is 0 Å². The fourth-order valence-corrected chi connectivity index (χ4v) is 0.696. The molecule has 0 aromatic carbocycles. The van der Waals surface area contributed by atoms with E-state index in [1.54, 1.807) is 6.92 Å². The van der Waals surface area contributed by atoms with Crippen LogP contribution in [-0.2, 0) is 36.8 Å². The summed E-state index contributed by atoms with van der Waals surface area (Å²) in [7, 11) is 0. The van der Waals surface area contributed by atoms with Crippen molar-refractivity contribution in [1.82, 2.24) is 6.15 Å². The van der Waals surface area contributed by atoms with Gasteiger partial charge in [-0.25, -0.2) is 0 Å². The molecular formula is C8H15AgNO8-2. The van der Waals surface area contributed by atoms with E-state index in [9.17, 15) is 24.6 Å². The molecule has 18 heavy (non-hydrogen) atoms. The van der Waals surface area contributed by atoms with E-state index < -0.39 is 36.4 Å². The van der Waals surface area contributed by atoms with Gasteiger partial charge >= 0.3 is 5.97 Å². The third-order valence-corrected chi connectivity index (χ3v) is 1.26. The fourth-order valence-electron chi connectivity index (χ4n) is 0.696. The van der Waals surface area contributed by atoms with Crippen LogP contribution in [0.5, 0.6) is 0 Å². The molecule has 9 nitrogen and oxygen atoms in total. The topological polar surface area (TPSA) is 193 Å². The Labute approximate surface area is 119 Å². The average Bonchev–Trinajstić information content (AvgIpc) is 2.01. The Bertz CT molecular complexity index is 254. The Morgan fingerprint density at radius 2 is 1.50 bits per heavy atom. The number of aliphatic hydroxyl groups is 2. The first-order valence-electron chi connectivity index (χ1n) is 4.16. The van der Waals surface area contributed by atoms with Crippen molar-refractivity contribution < 1.29 is 62.3 Å². The van der Waals surface area contributed by atoms with Gasteiger partial charge < -0.3 is 41.3 Å². The third-order valence-electron chi connectivity index (χ3n) is 1.26. The maximum atomic E-state index is 10.2. The van der Waals surface area contributed by atoms with Crippen molar-refractivity contribution in [1.29, 1.82) is 0 Å². The summed E-state index contributed by atoms with van der Waals surface area (Å²) in [4.78, 5) is 30.2. The van der Waals surface area contributed by atoms with Gasteiger partial charge in [0.25, 0.3) is 0 Å². The minimum Gasteiger partial charge on any atom is -0.550 e. The van der Waals surface area contributed by atoms with Crippen LogP contribution in [0.4, 0.5) is 0 Å². The Morgan fingerprint density at radius 3 is 1.67 bits per heavy atom. The largest absolute Gasteiger partial charge is 0.550 e. The zero-order chi connectivity index (χ0) is 13.4. The third kappa shape index (κ3) is 13.1. The second-order valence-corrected chi connectivity index (χ2v) is 2.75. The first-order chi connectivity index (χ1) is 7.19. The smallest absolute Gasteiger partial charge is 0.306 e. The molecule has 0 fully saturated rings. The van der Waals surface area contributed by atoms with Crippen LogP contribution < -0.4 is 16.4 Å². The number of carbonyl (C=O) groups excluding carboxylic acids is 2. The standard InChI is InChI=1S/C6H8O7.C2H6O.Ag.H3N/c7-3(8)1-6(13,5(11)12)2-4(9)10;1-2-3;;/h13H,1-2H2,(H,7,8)(H,9,10)(H,11,12);3H,2H2,1H3;;1H3/p-2. The summed E-state index contributed by atoms with van der Waals surface area (Å²) in [6, 6.07) is 0. The van der Waals surface area contributed by atoms with E-state index in [-0.39, 0.29) is 35.1 Å². The van der Waals surface area contributed by atoms with Crippen LogP contribution in [0.3, 0.4) is 0 Å². The van der Waals surface area contributed by atoms with Crippen LogP contribution in [0, 0.1) is 0 Å². The number of carboxylic acids is 3. The molecule has 0 aromatic heterocycles. The zero-order valence-electron chi connectivity index (χ0n) is 9.51. The minimum absolute atomic E-state index is 0. The van der Waals surface area contributed by atoms with Crippen molar-refractivity contribution in [2.24, 2.45) is 0 Å². The number of aliphatic hydroxyl groups excluding tert-OH is 1. The molecule has 0 heterocycles. The molecule has 113 valence electrons. The molecule has 0 amide bonds. The second-order valence-electron chi connectivity index (χ2n) is 2.75. The summed E-state index contributed by atoms with van der Waals surface area (Å²) in [6.45, 7) is 1.93. The normalized spacial score (nSPS) is 11.5. The van der Waals surface area contributed by atoms with Crippen molar-refractivity contribution in [3.63, 3.8) is 0 Å². The SMILES string of the molecule is CCO.N.O=C([O-])CC(O)(CC(=O)O)C(=O)[O-].[Ag]. The monoisotopic (exact) mass is 360 g/mol. The number of carbonyl (C=O) groups is 3. The van der Waals surface area contributed by atoms with E-state index in [2.05, 4.69) is 0 Å². The average molecular weight is 361 g/mol. The number of hydrogen-bond acceptors (Lipinski definition) is 8. The van der Waals surface area contributed by atoms with Gasteiger partial charge in [-0.1, -0.05) is 0 Å². The van der Waals surface area contributed by atoms with Crippen molar-refractivity contribution in [2.75, 3.05) is 6.61 Å². The van der Waals surface area contributed by atoms with Gasteiger partial charge in [0.15, 0.2) is 0 Å². The summed E-state index contributed by atoms with van der Waals surface area (Å²) in [5, 5.41) is 44.8. The molecule has 0 spiro atoms. The van der Waals surface area contributed by atoms with E-state index in [0.29, 0.717) is 0 Å². The van der Waals surface area contributed by atoms with Crippen molar-refractivity contribution in [2.45, 2.75) is 25.4 Å². The van der Waals surface area contributed by atoms with Crippen molar-refractivity contribution in [3.8, 4) is 0 Å². The molecule has 1 atom stereocenters. The number of carboxylic acid groups (broad SMARTS) is 3. The molecule has 0 bridgehead atoms. The summed E-state index contributed by atoms with van der Waals surface area (Å²) in [5.41, 5.74) is -2.91. The zero-order valence-corrected chi connectivity index (χ0v) is 11.0. The fraction of sp³-hybridized carbons (Fsp3) is 0.625. The van der Waals surface area contributed by atoms with Crippen molar-refractivity contribution >= 4 is 17.9 Å². The van der Waals surface area contributed by atoms with Gasteiger partial charge in [0.05, 0.1) is 12.4 Å².